The van der Waals surface area contributed by atoms with E-state index >= 15 is 0 Å². The summed E-state index contributed by atoms with van der Waals surface area (Å²) in [7, 11) is 0. The van der Waals surface area contributed by atoms with E-state index in [2.05, 4.69) is 4.98 Å². The van der Waals surface area contributed by atoms with Gasteiger partial charge in [-0.2, -0.15) is 0 Å². The first kappa shape index (κ1) is 13.1. The third-order valence-corrected chi connectivity index (χ3v) is 2.39. The van der Waals surface area contributed by atoms with E-state index in [1.807, 2.05) is 19.9 Å². The van der Waals surface area contributed by atoms with Crippen molar-refractivity contribution in [3.05, 3.63) is 30.0 Å². The number of aromatic nitrogens is 1. The molecule has 0 aliphatic rings. The third kappa shape index (κ3) is 3.00. The lowest BCUT2D eigenvalue weighted by Gasteiger charge is -1.97. The van der Waals surface area contributed by atoms with Crippen molar-refractivity contribution in [2.45, 2.75) is 26.7 Å². The van der Waals surface area contributed by atoms with Crippen molar-refractivity contribution in [2.24, 2.45) is 0 Å². The minimum atomic E-state index is -0.815. The summed E-state index contributed by atoms with van der Waals surface area (Å²) in [6.07, 6.45) is 2.31. The summed E-state index contributed by atoms with van der Waals surface area (Å²) in [6.45, 7) is 4.00. The van der Waals surface area contributed by atoms with Gasteiger partial charge in [0.2, 0.25) is 0 Å². The van der Waals surface area contributed by atoms with E-state index in [9.17, 15) is 9.90 Å². The van der Waals surface area contributed by atoms with E-state index < -0.39 is 5.97 Å². The van der Waals surface area contributed by atoms with Crippen LogP contribution in [-0.2, 0) is 11.2 Å². The van der Waals surface area contributed by atoms with Crippen LogP contribution in [-0.4, -0.2) is 21.2 Å². The highest BCUT2D eigenvalue weighted by Crippen LogP contribution is 2.26. The van der Waals surface area contributed by atoms with Gasteiger partial charge >= 0.3 is 5.97 Å². The maximum absolute atomic E-state index is 10.4. The van der Waals surface area contributed by atoms with Crippen molar-refractivity contribution < 1.29 is 15.0 Å². The number of carboxylic acids is 1. The highest BCUT2D eigenvalue weighted by molar-refractivity contribution is 5.88. The number of aromatic hydroxyl groups is 1. The Morgan fingerprint density at radius 2 is 2.06 bits per heavy atom. The van der Waals surface area contributed by atoms with Crippen LogP contribution in [0.1, 0.15) is 25.8 Å². The van der Waals surface area contributed by atoms with Gasteiger partial charge in [-0.05, 0) is 18.1 Å². The fourth-order valence-electron chi connectivity index (χ4n) is 1.64. The molecule has 0 aliphatic carbocycles. The fraction of sp³-hybridized carbons (Fsp3) is 0.308. The normalized spacial score (nSPS) is 9.76. The third-order valence-electron chi connectivity index (χ3n) is 2.39. The number of fused-ring (bicyclic) bond motifs is 1. The number of phenols is 1. The maximum atomic E-state index is 10.4. The van der Waals surface area contributed by atoms with E-state index in [-0.39, 0.29) is 12.2 Å². The first-order chi connectivity index (χ1) is 8.18. The summed E-state index contributed by atoms with van der Waals surface area (Å²) in [5.74, 6) is -0.626. The van der Waals surface area contributed by atoms with Crippen molar-refractivity contribution in [1.29, 1.82) is 0 Å². The Morgan fingerprint density at radius 1 is 1.35 bits per heavy atom. The number of carbonyl (C=O) groups is 1. The van der Waals surface area contributed by atoms with Gasteiger partial charge in [-0.1, -0.05) is 26.0 Å². The number of aryl methyl sites for hydroxylation is 1. The van der Waals surface area contributed by atoms with Gasteiger partial charge in [0.25, 0.3) is 0 Å². The number of benzene rings is 1. The van der Waals surface area contributed by atoms with Gasteiger partial charge in [-0.3, -0.25) is 4.79 Å². The fourth-order valence-corrected chi connectivity index (χ4v) is 1.64. The zero-order valence-electron chi connectivity index (χ0n) is 10.0. The SMILES string of the molecule is CC.O=C(O)CCc1c[nH]c2c(O)cccc12. The second-order valence-corrected chi connectivity index (χ2v) is 3.41. The summed E-state index contributed by atoms with van der Waals surface area (Å²) < 4.78 is 0. The van der Waals surface area contributed by atoms with Gasteiger partial charge in [0.1, 0.15) is 5.75 Å². The molecule has 0 aliphatic heterocycles. The van der Waals surface area contributed by atoms with Gasteiger partial charge in [-0.25, -0.2) is 0 Å². The van der Waals surface area contributed by atoms with Crippen molar-refractivity contribution in [3.63, 3.8) is 0 Å². The standard InChI is InChI=1S/C11H11NO3.C2H6/c13-9-3-1-2-8-7(4-5-10(14)15)6-12-11(8)9;1-2/h1-3,6,12-13H,4-5H2,(H,14,15);1-2H3. The number of nitrogens with one attached hydrogen (secondary N) is 1. The zero-order valence-corrected chi connectivity index (χ0v) is 10.0. The summed E-state index contributed by atoms with van der Waals surface area (Å²) in [6, 6.07) is 5.21. The molecule has 1 aromatic carbocycles. The molecular formula is C13H17NO3. The number of hydrogen-bond donors (Lipinski definition) is 3. The molecule has 0 radical (unpaired) electrons. The van der Waals surface area contributed by atoms with E-state index in [1.165, 1.54) is 0 Å². The van der Waals surface area contributed by atoms with Crippen LogP contribution in [0.5, 0.6) is 5.75 Å². The Morgan fingerprint density at radius 3 is 2.71 bits per heavy atom. The summed E-state index contributed by atoms with van der Waals surface area (Å²) in [4.78, 5) is 13.4. The summed E-state index contributed by atoms with van der Waals surface area (Å²) >= 11 is 0. The molecule has 0 atom stereocenters. The van der Waals surface area contributed by atoms with Gasteiger partial charge in [-0.15, -0.1) is 0 Å². The monoisotopic (exact) mass is 235 g/mol. The second-order valence-electron chi connectivity index (χ2n) is 3.41. The molecule has 1 aromatic heterocycles. The molecule has 92 valence electrons. The molecule has 0 saturated carbocycles. The number of aliphatic carboxylic acids is 1. The van der Waals surface area contributed by atoms with Gasteiger partial charge in [0.05, 0.1) is 5.52 Å². The Bertz CT molecular complexity index is 502. The Labute approximate surface area is 99.9 Å². The van der Waals surface area contributed by atoms with Gasteiger partial charge in [0.15, 0.2) is 0 Å². The molecule has 3 N–H and O–H groups in total. The average Bonchev–Trinajstić information content (AvgIpc) is 2.74. The Balaban J connectivity index is 0.000000686. The number of aromatic amines is 1. The Kier molecular flexibility index (Phi) is 4.57. The number of rotatable bonds is 3. The van der Waals surface area contributed by atoms with E-state index in [1.54, 1.807) is 18.3 Å². The second kappa shape index (κ2) is 5.94. The molecule has 1 heterocycles. The van der Waals surface area contributed by atoms with Gasteiger partial charge in [0, 0.05) is 18.0 Å². The molecule has 2 rings (SSSR count). The van der Waals surface area contributed by atoms with E-state index in [4.69, 9.17) is 5.11 Å². The van der Waals surface area contributed by atoms with Gasteiger partial charge < -0.3 is 15.2 Å². The minimum absolute atomic E-state index is 0.0998. The van der Waals surface area contributed by atoms with Crippen LogP contribution in [0.4, 0.5) is 0 Å². The average molecular weight is 235 g/mol. The number of para-hydroxylation sites is 1. The molecule has 4 nitrogen and oxygen atoms in total. The van der Waals surface area contributed by atoms with Crippen molar-refractivity contribution in [1.82, 2.24) is 4.98 Å². The molecule has 2 aromatic rings. The minimum Gasteiger partial charge on any atom is -0.506 e. The predicted molar refractivity (Wildman–Crippen MR) is 67.3 cm³/mol. The highest BCUT2D eigenvalue weighted by atomic mass is 16.4. The number of carboxylic acid groups (broad SMARTS) is 1. The highest BCUT2D eigenvalue weighted by Gasteiger charge is 2.07. The molecule has 0 unspecified atom stereocenters. The largest absolute Gasteiger partial charge is 0.506 e. The van der Waals surface area contributed by atoms with E-state index in [0.717, 1.165) is 10.9 Å². The Hall–Kier alpha value is -1.97. The van der Waals surface area contributed by atoms with Crippen LogP contribution < -0.4 is 0 Å². The molecular weight excluding hydrogens is 218 g/mol. The lowest BCUT2D eigenvalue weighted by molar-refractivity contribution is -0.136. The van der Waals surface area contributed by atoms with Crippen LogP contribution in [0.3, 0.4) is 0 Å². The topological polar surface area (TPSA) is 73.3 Å². The van der Waals surface area contributed by atoms with Crippen molar-refractivity contribution >= 4 is 16.9 Å². The van der Waals surface area contributed by atoms with Crippen LogP contribution in [0.15, 0.2) is 24.4 Å². The molecule has 0 bridgehead atoms. The smallest absolute Gasteiger partial charge is 0.303 e. The van der Waals surface area contributed by atoms with Crippen LogP contribution in [0.2, 0.25) is 0 Å². The maximum Gasteiger partial charge on any atom is 0.303 e. The van der Waals surface area contributed by atoms with Crippen LogP contribution in [0.25, 0.3) is 10.9 Å². The predicted octanol–water partition coefficient (Wildman–Crippen LogP) is 2.92. The molecule has 0 saturated heterocycles. The van der Waals surface area contributed by atoms with E-state index in [0.29, 0.717) is 11.9 Å². The van der Waals surface area contributed by atoms with Crippen LogP contribution in [0, 0.1) is 0 Å². The molecule has 0 fully saturated rings. The lowest BCUT2D eigenvalue weighted by Crippen LogP contribution is -1.96. The quantitative estimate of drug-likeness (QED) is 0.765. The first-order valence-electron chi connectivity index (χ1n) is 5.68. The number of phenolic OH excluding ortho intramolecular Hbond substituents is 1. The van der Waals surface area contributed by atoms with Crippen LogP contribution >= 0.6 is 0 Å². The number of H-pyrrole nitrogens is 1. The summed E-state index contributed by atoms with van der Waals surface area (Å²) in [5, 5.41) is 19.0. The molecule has 17 heavy (non-hydrogen) atoms. The lowest BCUT2D eigenvalue weighted by atomic mass is 10.1. The first-order valence-corrected chi connectivity index (χ1v) is 5.68. The molecule has 0 spiro atoms. The summed E-state index contributed by atoms with van der Waals surface area (Å²) in [5.41, 5.74) is 1.58. The number of hydrogen-bond acceptors (Lipinski definition) is 2. The van der Waals surface area contributed by atoms with Crippen molar-refractivity contribution in [2.75, 3.05) is 0 Å². The molecule has 0 amide bonds. The molecule has 4 heteroatoms. The zero-order chi connectivity index (χ0) is 12.8. The van der Waals surface area contributed by atoms with Crippen molar-refractivity contribution in [3.8, 4) is 5.75 Å².